The van der Waals surface area contributed by atoms with Crippen LogP contribution in [0, 0.1) is 0 Å². The summed E-state index contributed by atoms with van der Waals surface area (Å²) in [5, 5.41) is 0. The Kier molecular flexibility index (Phi) is 7.11. The zero-order chi connectivity index (χ0) is 18.8. The maximum absolute atomic E-state index is 11.7. The number of hydrogen-bond donors (Lipinski definition) is 2. The summed E-state index contributed by atoms with van der Waals surface area (Å²) < 4.78 is 20.9. The number of methoxy groups -OCH3 is 2. The Hall–Kier alpha value is -3.42. The van der Waals surface area contributed by atoms with Crippen molar-refractivity contribution in [3.8, 4) is 23.0 Å². The van der Waals surface area contributed by atoms with E-state index in [1.165, 1.54) is 14.2 Å². The molecular weight excluding hydrogens is 340 g/mol. The molecule has 2 amide bonds. The first-order valence-electron chi connectivity index (χ1n) is 7.73. The Balaban J connectivity index is 1.72. The molecule has 8 heteroatoms. The van der Waals surface area contributed by atoms with Crippen molar-refractivity contribution in [3.63, 3.8) is 0 Å². The van der Waals surface area contributed by atoms with Crippen LogP contribution in [-0.2, 0) is 9.59 Å². The normalized spacial score (nSPS) is 9.77. The second-order valence-electron chi connectivity index (χ2n) is 4.98. The molecule has 0 spiro atoms. The molecule has 0 fully saturated rings. The van der Waals surface area contributed by atoms with Crippen molar-refractivity contribution in [1.29, 1.82) is 0 Å². The van der Waals surface area contributed by atoms with Crippen molar-refractivity contribution in [1.82, 2.24) is 10.9 Å². The quantitative estimate of drug-likeness (QED) is 0.689. The van der Waals surface area contributed by atoms with E-state index in [2.05, 4.69) is 10.9 Å². The van der Waals surface area contributed by atoms with Crippen LogP contribution in [0.3, 0.4) is 0 Å². The minimum atomic E-state index is -0.526. The van der Waals surface area contributed by atoms with Gasteiger partial charge in [-0.3, -0.25) is 20.4 Å². The van der Waals surface area contributed by atoms with Gasteiger partial charge in [-0.15, -0.1) is 0 Å². The van der Waals surface area contributed by atoms with Gasteiger partial charge in [-0.1, -0.05) is 24.3 Å². The largest absolute Gasteiger partial charge is 0.493 e. The van der Waals surface area contributed by atoms with E-state index >= 15 is 0 Å². The van der Waals surface area contributed by atoms with Crippen LogP contribution in [0.4, 0.5) is 0 Å². The van der Waals surface area contributed by atoms with E-state index in [1.807, 2.05) is 0 Å². The van der Waals surface area contributed by atoms with Gasteiger partial charge in [0.15, 0.2) is 36.2 Å². The lowest BCUT2D eigenvalue weighted by atomic mass is 10.3. The molecule has 0 aliphatic rings. The lowest BCUT2D eigenvalue weighted by Gasteiger charge is -2.12. The van der Waals surface area contributed by atoms with Gasteiger partial charge in [0.05, 0.1) is 14.2 Å². The number of hydrogen-bond acceptors (Lipinski definition) is 6. The SMILES string of the molecule is COc1ccccc1OCC(=O)NNC(=O)COc1ccccc1OC. The predicted molar refractivity (Wildman–Crippen MR) is 93.3 cm³/mol. The van der Waals surface area contributed by atoms with Crippen LogP contribution in [0.25, 0.3) is 0 Å². The van der Waals surface area contributed by atoms with E-state index in [0.717, 1.165) is 0 Å². The third kappa shape index (κ3) is 5.59. The summed E-state index contributed by atoms with van der Waals surface area (Å²) in [5.41, 5.74) is 4.48. The maximum atomic E-state index is 11.7. The minimum Gasteiger partial charge on any atom is -0.493 e. The number of carbonyl (C=O) groups excluding carboxylic acids is 2. The Morgan fingerprint density at radius 2 is 1.04 bits per heavy atom. The zero-order valence-corrected chi connectivity index (χ0v) is 14.5. The number of carbonyl (C=O) groups is 2. The standard InChI is InChI=1S/C18H20N2O6/c1-23-13-7-3-5-9-15(13)25-11-17(21)19-20-18(22)12-26-16-10-6-4-8-14(16)24-2/h3-10H,11-12H2,1-2H3,(H,19,21)(H,20,22). The molecule has 2 N–H and O–H groups in total. The molecule has 0 heterocycles. The molecule has 2 rings (SSSR count). The van der Waals surface area contributed by atoms with E-state index < -0.39 is 11.8 Å². The first-order valence-corrected chi connectivity index (χ1v) is 7.73. The first kappa shape index (κ1) is 18.9. The van der Waals surface area contributed by atoms with Crippen molar-refractivity contribution >= 4 is 11.8 Å². The maximum Gasteiger partial charge on any atom is 0.276 e. The molecular formula is C18H20N2O6. The highest BCUT2D eigenvalue weighted by molar-refractivity contribution is 5.83. The van der Waals surface area contributed by atoms with Gasteiger partial charge < -0.3 is 18.9 Å². The molecule has 2 aromatic carbocycles. The molecule has 0 atom stereocenters. The lowest BCUT2D eigenvalue weighted by molar-refractivity contribution is -0.131. The third-order valence-corrected chi connectivity index (χ3v) is 3.20. The molecule has 0 aromatic heterocycles. The van der Waals surface area contributed by atoms with Crippen molar-refractivity contribution in [3.05, 3.63) is 48.5 Å². The van der Waals surface area contributed by atoms with Gasteiger partial charge in [0.2, 0.25) is 0 Å². The van der Waals surface area contributed by atoms with Gasteiger partial charge in [-0.05, 0) is 24.3 Å². The highest BCUT2D eigenvalue weighted by Crippen LogP contribution is 2.26. The fraction of sp³-hybridized carbons (Fsp3) is 0.222. The number of rotatable bonds is 8. The third-order valence-electron chi connectivity index (χ3n) is 3.20. The molecule has 0 radical (unpaired) electrons. The smallest absolute Gasteiger partial charge is 0.276 e. The Labute approximate surface area is 151 Å². The molecule has 2 aromatic rings. The summed E-state index contributed by atoms with van der Waals surface area (Å²) in [6.07, 6.45) is 0. The molecule has 0 bridgehead atoms. The van der Waals surface area contributed by atoms with Gasteiger partial charge in [0.25, 0.3) is 11.8 Å². The van der Waals surface area contributed by atoms with Gasteiger partial charge in [-0.25, -0.2) is 0 Å². The van der Waals surface area contributed by atoms with E-state index in [1.54, 1.807) is 48.5 Å². The number of para-hydroxylation sites is 4. The monoisotopic (exact) mass is 360 g/mol. The van der Waals surface area contributed by atoms with Crippen LogP contribution in [0.5, 0.6) is 23.0 Å². The molecule has 0 aliphatic carbocycles. The fourth-order valence-electron chi connectivity index (χ4n) is 1.97. The van der Waals surface area contributed by atoms with Crippen molar-refractivity contribution in [2.24, 2.45) is 0 Å². The average molecular weight is 360 g/mol. The Bertz CT molecular complexity index is 686. The van der Waals surface area contributed by atoms with Gasteiger partial charge in [0, 0.05) is 0 Å². The molecule has 26 heavy (non-hydrogen) atoms. The number of amides is 2. The topological polar surface area (TPSA) is 95.1 Å². The first-order chi connectivity index (χ1) is 12.6. The van der Waals surface area contributed by atoms with Crippen LogP contribution in [0.1, 0.15) is 0 Å². The van der Waals surface area contributed by atoms with Crippen LogP contribution < -0.4 is 29.8 Å². The highest BCUT2D eigenvalue weighted by Gasteiger charge is 2.10. The van der Waals surface area contributed by atoms with Crippen molar-refractivity contribution < 1.29 is 28.5 Å². The highest BCUT2D eigenvalue weighted by atomic mass is 16.5. The number of ether oxygens (including phenoxy) is 4. The van der Waals surface area contributed by atoms with E-state index in [9.17, 15) is 9.59 Å². The van der Waals surface area contributed by atoms with Crippen molar-refractivity contribution in [2.45, 2.75) is 0 Å². The van der Waals surface area contributed by atoms with Crippen molar-refractivity contribution in [2.75, 3.05) is 27.4 Å². The molecule has 0 saturated heterocycles. The lowest BCUT2D eigenvalue weighted by Crippen LogP contribution is -2.45. The van der Waals surface area contributed by atoms with Gasteiger partial charge >= 0.3 is 0 Å². The average Bonchev–Trinajstić information content (AvgIpc) is 2.69. The molecule has 8 nitrogen and oxygen atoms in total. The van der Waals surface area contributed by atoms with Crippen LogP contribution >= 0.6 is 0 Å². The number of hydrazine groups is 1. The summed E-state index contributed by atoms with van der Waals surface area (Å²) in [6.45, 7) is -0.567. The Morgan fingerprint density at radius 3 is 1.38 bits per heavy atom. The number of nitrogens with one attached hydrogen (secondary N) is 2. The Morgan fingerprint density at radius 1 is 0.692 bits per heavy atom. The summed E-state index contributed by atoms with van der Waals surface area (Å²) in [5.74, 6) is 0.819. The summed E-state index contributed by atoms with van der Waals surface area (Å²) in [4.78, 5) is 23.5. The van der Waals surface area contributed by atoms with E-state index in [4.69, 9.17) is 18.9 Å². The molecule has 138 valence electrons. The molecule has 0 aliphatic heterocycles. The predicted octanol–water partition coefficient (Wildman–Crippen LogP) is 1.31. The molecule has 0 unspecified atom stereocenters. The van der Waals surface area contributed by atoms with Crippen LogP contribution in [-0.4, -0.2) is 39.2 Å². The van der Waals surface area contributed by atoms with E-state index in [-0.39, 0.29) is 13.2 Å². The van der Waals surface area contributed by atoms with Crippen LogP contribution in [0.2, 0.25) is 0 Å². The van der Waals surface area contributed by atoms with Crippen LogP contribution in [0.15, 0.2) is 48.5 Å². The summed E-state index contributed by atoms with van der Waals surface area (Å²) in [6, 6.07) is 13.9. The summed E-state index contributed by atoms with van der Waals surface area (Å²) in [7, 11) is 3.01. The second-order valence-corrected chi connectivity index (χ2v) is 4.98. The zero-order valence-electron chi connectivity index (χ0n) is 14.5. The number of benzene rings is 2. The second kappa shape index (κ2) is 9.77. The summed E-state index contributed by atoms with van der Waals surface area (Å²) >= 11 is 0. The fourth-order valence-corrected chi connectivity index (χ4v) is 1.97. The molecule has 0 saturated carbocycles. The van der Waals surface area contributed by atoms with Gasteiger partial charge in [0.1, 0.15) is 0 Å². The van der Waals surface area contributed by atoms with Gasteiger partial charge in [-0.2, -0.15) is 0 Å². The van der Waals surface area contributed by atoms with E-state index in [0.29, 0.717) is 23.0 Å². The minimum absolute atomic E-state index is 0.284.